The van der Waals surface area contributed by atoms with Crippen molar-refractivity contribution >= 4 is 5.96 Å². The van der Waals surface area contributed by atoms with Crippen LogP contribution in [0.5, 0.6) is 0 Å². The van der Waals surface area contributed by atoms with Gasteiger partial charge in [-0.15, -0.1) is 0 Å². The molecule has 0 bridgehead atoms. The standard InChI is InChI=1S/C18H27N3O2/c19-18(21-10-13-22-14-11-21)20-9-4-12-23-17-8-3-6-15-5-1-2-7-16(15)17/h1-2,5,7,17H,3-4,6,8-14H2,(H2,19,20). The number of benzene rings is 1. The molecule has 1 heterocycles. The number of nitrogens with zero attached hydrogens (tertiary/aromatic N) is 2. The molecule has 0 radical (unpaired) electrons. The summed E-state index contributed by atoms with van der Waals surface area (Å²) in [6.07, 6.45) is 4.67. The first-order chi connectivity index (χ1) is 11.3. The van der Waals surface area contributed by atoms with Crippen molar-refractivity contribution in [1.29, 1.82) is 0 Å². The van der Waals surface area contributed by atoms with E-state index in [0.29, 0.717) is 5.96 Å². The van der Waals surface area contributed by atoms with Gasteiger partial charge in [-0.3, -0.25) is 4.99 Å². The molecular weight excluding hydrogens is 290 g/mol. The van der Waals surface area contributed by atoms with Crippen molar-refractivity contribution < 1.29 is 9.47 Å². The minimum Gasteiger partial charge on any atom is -0.378 e. The van der Waals surface area contributed by atoms with E-state index in [1.165, 1.54) is 24.0 Å². The van der Waals surface area contributed by atoms with E-state index in [1.807, 2.05) is 0 Å². The van der Waals surface area contributed by atoms with Gasteiger partial charge in [-0.2, -0.15) is 0 Å². The first-order valence-corrected chi connectivity index (χ1v) is 8.66. The lowest BCUT2D eigenvalue weighted by Gasteiger charge is -2.27. The Labute approximate surface area is 138 Å². The van der Waals surface area contributed by atoms with Crippen LogP contribution in [0.4, 0.5) is 0 Å². The van der Waals surface area contributed by atoms with Gasteiger partial charge < -0.3 is 20.1 Å². The molecule has 1 unspecified atom stereocenters. The maximum Gasteiger partial charge on any atom is 0.191 e. The van der Waals surface area contributed by atoms with Crippen molar-refractivity contribution in [1.82, 2.24) is 4.90 Å². The highest BCUT2D eigenvalue weighted by molar-refractivity contribution is 5.78. The lowest BCUT2D eigenvalue weighted by molar-refractivity contribution is 0.0401. The minimum atomic E-state index is 0.250. The summed E-state index contributed by atoms with van der Waals surface area (Å²) in [6, 6.07) is 8.64. The van der Waals surface area contributed by atoms with E-state index in [0.717, 1.165) is 52.3 Å². The van der Waals surface area contributed by atoms with Crippen LogP contribution in [0.25, 0.3) is 0 Å². The molecule has 0 amide bonds. The summed E-state index contributed by atoms with van der Waals surface area (Å²) in [5.74, 6) is 0.635. The molecule has 2 N–H and O–H groups in total. The Bertz CT molecular complexity index is 527. The summed E-state index contributed by atoms with van der Waals surface area (Å²) >= 11 is 0. The number of guanidine groups is 1. The van der Waals surface area contributed by atoms with E-state index < -0.39 is 0 Å². The summed E-state index contributed by atoms with van der Waals surface area (Å²) in [6.45, 7) is 4.60. The number of morpholine rings is 1. The summed E-state index contributed by atoms with van der Waals surface area (Å²) in [7, 11) is 0. The predicted octanol–water partition coefficient (Wildman–Crippen LogP) is 2.12. The van der Waals surface area contributed by atoms with Gasteiger partial charge in [-0.05, 0) is 36.8 Å². The SMILES string of the molecule is NC(=NCCCOC1CCCc2ccccc21)N1CCOCC1. The van der Waals surface area contributed by atoms with Gasteiger partial charge in [-0.25, -0.2) is 0 Å². The van der Waals surface area contributed by atoms with Crippen molar-refractivity contribution in [2.24, 2.45) is 10.7 Å². The normalized spacial score (nSPS) is 22.0. The van der Waals surface area contributed by atoms with Crippen LogP contribution in [0.2, 0.25) is 0 Å². The second kappa shape index (κ2) is 8.31. The summed E-state index contributed by atoms with van der Waals surface area (Å²) < 4.78 is 11.4. The van der Waals surface area contributed by atoms with Crippen LogP contribution in [-0.4, -0.2) is 50.3 Å². The Kier molecular flexibility index (Phi) is 5.88. The molecule has 0 aromatic heterocycles. The van der Waals surface area contributed by atoms with E-state index in [-0.39, 0.29) is 6.10 Å². The number of aryl methyl sites for hydroxylation is 1. The van der Waals surface area contributed by atoms with Gasteiger partial charge in [0.15, 0.2) is 5.96 Å². The predicted molar refractivity (Wildman–Crippen MR) is 91.6 cm³/mol. The third kappa shape index (κ3) is 4.45. The Morgan fingerprint density at radius 3 is 3.00 bits per heavy atom. The molecular formula is C18H27N3O2. The molecule has 1 aliphatic carbocycles. The summed E-state index contributed by atoms with van der Waals surface area (Å²) in [5.41, 5.74) is 8.83. The molecule has 23 heavy (non-hydrogen) atoms. The smallest absolute Gasteiger partial charge is 0.191 e. The molecule has 2 aliphatic rings. The van der Waals surface area contributed by atoms with Gasteiger partial charge in [0, 0.05) is 26.2 Å². The van der Waals surface area contributed by atoms with E-state index in [9.17, 15) is 0 Å². The Hall–Kier alpha value is -1.59. The third-order valence-corrected chi connectivity index (χ3v) is 4.54. The van der Waals surface area contributed by atoms with Gasteiger partial charge >= 0.3 is 0 Å². The summed E-state index contributed by atoms with van der Waals surface area (Å²) in [5, 5.41) is 0. The number of hydrogen-bond donors (Lipinski definition) is 1. The number of rotatable bonds is 5. The van der Waals surface area contributed by atoms with Crippen LogP contribution >= 0.6 is 0 Å². The quantitative estimate of drug-likeness (QED) is 0.513. The fourth-order valence-corrected chi connectivity index (χ4v) is 3.26. The monoisotopic (exact) mass is 317 g/mol. The zero-order chi connectivity index (χ0) is 15.9. The van der Waals surface area contributed by atoms with Crippen LogP contribution in [0.3, 0.4) is 0 Å². The topological polar surface area (TPSA) is 60.1 Å². The molecule has 5 nitrogen and oxygen atoms in total. The molecule has 1 aromatic carbocycles. The molecule has 5 heteroatoms. The van der Waals surface area contributed by atoms with Crippen molar-refractivity contribution in [3.05, 3.63) is 35.4 Å². The van der Waals surface area contributed by atoms with E-state index in [2.05, 4.69) is 34.2 Å². The number of fused-ring (bicyclic) bond motifs is 1. The highest BCUT2D eigenvalue weighted by Crippen LogP contribution is 2.32. The third-order valence-electron chi connectivity index (χ3n) is 4.54. The fourth-order valence-electron chi connectivity index (χ4n) is 3.26. The van der Waals surface area contributed by atoms with Crippen molar-refractivity contribution in [2.45, 2.75) is 31.8 Å². The van der Waals surface area contributed by atoms with E-state index in [1.54, 1.807) is 0 Å². The molecule has 1 fully saturated rings. The average molecular weight is 317 g/mol. The maximum absolute atomic E-state index is 6.09. The molecule has 1 aliphatic heterocycles. The van der Waals surface area contributed by atoms with E-state index in [4.69, 9.17) is 15.2 Å². The van der Waals surface area contributed by atoms with Gasteiger partial charge in [0.1, 0.15) is 0 Å². The largest absolute Gasteiger partial charge is 0.378 e. The Balaban J connectivity index is 1.40. The van der Waals surface area contributed by atoms with E-state index >= 15 is 0 Å². The number of hydrogen-bond acceptors (Lipinski definition) is 3. The van der Waals surface area contributed by atoms with Crippen molar-refractivity contribution in [3.63, 3.8) is 0 Å². The Morgan fingerprint density at radius 2 is 2.13 bits per heavy atom. The van der Waals surface area contributed by atoms with Gasteiger partial charge in [0.25, 0.3) is 0 Å². The maximum atomic E-state index is 6.09. The van der Waals surface area contributed by atoms with Gasteiger partial charge in [0.2, 0.25) is 0 Å². The molecule has 1 saturated heterocycles. The molecule has 1 aromatic rings. The van der Waals surface area contributed by atoms with Crippen LogP contribution < -0.4 is 5.73 Å². The number of nitrogens with two attached hydrogens (primary N) is 1. The Morgan fingerprint density at radius 1 is 1.30 bits per heavy atom. The molecule has 126 valence electrons. The zero-order valence-electron chi connectivity index (χ0n) is 13.7. The number of aliphatic imine (C=N–C) groups is 1. The zero-order valence-corrected chi connectivity index (χ0v) is 13.7. The van der Waals surface area contributed by atoms with Crippen LogP contribution in [-0.2, 0) is 15.9 Å². The number of ether oxygens (including phenoxy) is 2. The lowest BCUT2D eigenvalue weighted by atomic mass is 9.89. The highest BCUT2D eigenvalue weighted by Gasteiger charge is 2.19. The van der Waals surface area contributed by atoms with Crippen LogP contribution in [0, 0.1) is 0 Å². The van der Waals surface area contributed by atoms with Crippen molar-refractivity contribution in [3.8, 4) is 0 Å². The molecule has 3 rings (SSSR count). The first kappa shape index (κ1) is 16.3. The van der Waals surface area contributed by atoms with Gasteiger partial charge in [0.05, 0.1) is 19.3 Å². The van der Waals surface area contributed by atoms with Crippen molar-refractivity contribution in [2.75, 3.05) is 39.5 Å². The first-order valence-electron chi connectivity index (χ1n) is 8.66. The molecule has 1 atom stereocenters. The molecule has 0 spiro atoms. The van der Waals surface area contributed by atoms with Gasteiger partial charge in [-0.1, -0.05) is 24.3 Å². The van der Waals surface area contributed by atoms with Crippen LogP contribution in [0.1, 0.15) is 36.5 Å². The molecule has 0 saturated carbocycles. The summed E-state index contributed by atoms with van der Waals surface area (Å²) in [4.78, 5) is 6.54. The lowest BCUT2D eigenvalue weighted by Crippen LogP contribution is -2.44. The minimum absolute atomic E-state index is 0.250. The second-order valence-corrected chi connectivity index (χ2v) is 6.14. The van der Waals surface area contributed by atoms with Crippen LogP contribution in [0.15, 0.2) is 29.3 Å². The second-order valence-electron chi connectivity index (χ2n) is 6.14. The fraction of sp³-hybridized carbons (Fsp3) is 0.611. The highest BCUT2D eigenvalue weighted by atomic mass is 16.5. The average Bonchev–Trinajstić information content (AvgIpc) is 2.62.